The Morgan fingerprint density at radius 1 is 1.29 bits per heavy atom. The lowest BCUT2D eigenvalue weighted by molar-refractivity contribution is 0.0696. The van der Waals surface area contributed by atoms with Gasteiger partial charge in [0, 0.05) is 12.6 Å². The molecule has 1 heterocycles. The van der Waals surface area contributed by atoms with Gasteiger partial charge in [0.1, 0.15) is 0 Å². The zero-order valence-electron chi connectivity index (χ0n) is 9.80. The van der Waals surface area contributed by atoms with Crippen LogP contribution in [0.2, 0.25) is 0 Å². The van der Waals surface area contributed by atoms with E-state index in [0.29, 0.717) is 11.5 Å². The van der Waals surface area contributed by atoms with Crippen LogP contribution in [-0.2, 0) is 0 Å². The largest absolute Gasteiger partial charge is 0.478 e. The molecule has 1 aromatic carbocycles. The Hall–Kier alpha value is -1.35. The van der Waals surface area contributed by atoms with Crippen LogP contribution in [0.4, 0.5) is 0 Å². The zero-order valence-corrected chi connectivity index (χ0v) is 9.80. The molecule has 1 unspecified atom stereocenters. The Morgan fingerprint density at radius 3 is 2.82 bits per heavy atom. The van der Waals surface area contributed by atoms with E-state index in [9.17, 15) is 4.79 Å². The van der Waals surface area contributed by atoms with Gasteiger partial charge in [-0.15, -0.1) is 0 Å². The second-order valence-corrected chi connectivity index (χ2v) is 5.14. The molecule has 90 valence electrons. The first-order valence-electron chi connectivity index (χ1n) is 6.31. The fourth-order valence-electron chi connectivity index (χ4n) is 2.76. The highest BCUT2D eigenvalue weighted by Gasteiger charge is 2.34. The summed E-state index contributed by atoms with van der Waals surface area (Å²) in [6, 6.07) is 8.25. The van der Waals surface area contributed by atoms with E-state index >= 15 is 0 Å². The average molecular weight is 231 g/mol. The van der Waals surface area contributed by atoms with Crippen molar-refractivity contribution in [2.24, 2.45) is 0 Å². The third-order valence-electron chi connectivity index (χ3n) is 3.89. The Morgan fingerprint density at radius 2 is 2.12 bits per heavy atom. The Kier molecular flexibility index (Phi) is 2.63. The summed E-state index contributed by atoms with van der Waals surface area (Å²) in [4.78, 5) is 13.5. The lowest BCUT2D eigenvalue weighted by Crippen LogP contribution is -2.22. The molecule has 1 aromatic rings. The van der Waals surface area contributed by atoms with E-state index in [1.54, 1.807) is 6.07 Å². The van der Waals surface area contributed by atoms with E-state index in [0.717, 1.165) is 12.6 Å². The number of rotatable bonds is 3. The molecule has 3 heteroatoms. The summed E-state index contributed by atoms with van der Waals surface area (Å²) in [7, 11) is 0. The number of carboxylic acid groups (broad SMARTS) is 1. The van der Waals surface area contributed by atoms with Gasteiger partial charge in [-0.05, 0) is 49.4 Å². The summed E-state index contributed by atoms with van der Waals surface area (Å²) in [5.74, 6) is -0.307. The molecule has 0 radical (unpaired) electrons. The molecule has 1 aliphatic carbocycles. The summed E-state index contributed by atoms with van der Waals surface area (Å²) in [6.45, 7) is 2.28. The van der Waals surface area contributed by atoms with Gasteiger partial charge in [-0.25, -0.2) is 4.79 Å². The van der Waals surface area contributed by atoms with E-state index in [2.05, 4.69) is 11.0 Å². The van der Waals surface area contributed by atoms with Crippen LogP contribution < -0.4 is 0 Å². The third-order valence-corrected chi connectivity index (χ3v) is 3.89. The van der Waals surface area contributed by atoms with Gasteiger partial charge in [0.25, 0.3) is 0 Å². The van der Waals surface area contributed by atoms with Crippen molar-refractivity contribution in [3.8, 4) is 0 Å². The highest BCUT2D eigenvalue weighted by Crippen LogP contribution is 2.35. The number of carboxylic acids is 1. The summed E-state index contributed by atoms with van der Waals surface area (Å²) in [5.41, 5.74) is 1.60. The average Bonchev–Trinajstić information content (AvgIpc) is 3.07. The smallest absolute Gasteiger partial charge is 0.335 e. The maximum absolute atomic E-state index is 10.9. The molecule has 2 fully saturated rings. The Labute approximate surface area is 101 Å². The van der Waals surface area contributed by atoms with Gasteiger partial charge < -0.3 is 5.11 Å². The van der Waals surface area contributed by atoms with E-state index < -0.39 is 5.97 Å². The number of aromatic carboxylic acids is 1. The monoisotopic (exact) mass is 231 g/mol. The van der Waals surface area contributed by atoms with Crippen LogP contribution in [-0.4, -0.2) is 35.1 Å². The predicted octanol–water partition coefficient (Wildman–Crippen LogP) is 2.34. The minimum Gasteiger partial charge on any atom is -0.478 e. The zero-order chi connectivity index (χ0) is 11.8. The third kappa shape index (κ3) is 2.20. The first kappa shape index (κ1) is 10.8. The number of likely N-dealkylation sites (tertiary alicyclic amines) is 1. The van der Waals surface area contributed by atoms with Gasteiger partial charge in [-0.3, -0.25) is 4.90 Å². The molecular weight excluding hydrogens is 214 g/mol. The van der Waals surface area contributed by atoms with Crippen LogP contribution in [0.25, 0.3) is 0 Å². The quantitative estimate of drug-likeness (QED) is 0.868. The van der Waals surface area contributed by atoms with Crippen LogP contribution in [0.3, 0.4) is 0 Å². The van der Waals surface area contributed by atoms with Gasteiger partial charge >= 0.3 is 5.97 Å². The SMILES string of the molecule is O=C(O)c1cccc(C2CCN(C3CC3)C2)c1. The Bertz CT molecular complexity index is 440. The van der Waals surface area contributed by atoms with Crippen LogP contribution in [0, 0.1) is 0 Å². The summed E-state index contributed by atoms with van der Waals surface area (Å²) in [5, 5.41) is 8.99. The number of hydrogen-bond donors (Lipinski definition) is 1. The van der Waals surface area contributed by atoms with Crippen molar-refractivity contribution in [1.29, 1.82) is 0 Å². The first-order chi connectivity index (χ1) is 8.24. The van der Waals surface area contributed by atoms with Gasteiger partial charge in [0.15, 0.2) is 0 Å². The van der Waals surface area contributed by atoms with E-state index in [-0.39, 0.29) is 0 Å². The molecule has 0 amide bonds. The number of benzene rings is 1. The van der Waals surface area contributed by atoms with Crippen molar-refractivity contribution < 1.29 is 9.90 Å². The standard InChI is InChI=1S/C14H17NO2/c16-14(17)11-3-1-2-10(8-11)12-6-7-15(9-12)13-4-5-13/h1-3,8,12-13H,4-7,9H2,(H,16,17). The molecule has 0 spiro atoms. The molecule has 1 saturated carbocycles. The first-order valence-corrected chi connectivity index (χ1v) is 6.31. The van der Waals surface area contributed by atoms with E-state index in [4.69, 9.17) is 5.11 Å². The predicted molar refractivity (Wildman–Crippen MR) is 65.4 cm³/mol. The van der Waals surface area contributed by atoms with Crippen molar-refractivity contribution >= 4 is 5.97 Å². The number of hydrogen-bond acceptors (Lipinski definition) is 2. The van der Waals surface area contributed by atoms with Crippen LogP contribution in [0.5, 0.6) is 0 Å². The normalized spacial score (nSPS) is 25.1. The summed E-state index contributed by atoms with van der Waals surface area (Å²) >= 11 is 0. The highest BCUT2D eigenvalue weighted by molar-refractivity contribution is 5.87. The van der Waals surface area contributed by atoms with Gasteiger partial charge in [-0.2, -0.15) is 0 Å². The molecule has 1 N–H and O–H groups in total. The van der Waals surface area contributed by atoms with Crippen molar-refractivity contribution in [3.63, 3.8) is 0 Å². The molecule has 1 saturated heterocycles. The molecule has 17 heavy (non-hydrogen) atoms. The van der Waals surface area contributed by atoms with E-state index in [1.165, 1.54) is 31.4 Å². The van der Waals surface area contributed by atoms with Crippen molar-refractivity contribution in [2.75, 3.05) is 13.1 Å². The van der Waals surface area contributed by atoms with Gasteiger partial charge in [0.2, 0.25) is 0 Å². The van der Waals surface area contributed by atoms with Crippen LogP contribution >= 0.6 is 0 Å². The summed E-state index contributed by atoms with van der Waals surface area (Å²) in [6.07, 6.45) is 3.86. The fourth-order valence-corrected chi connectivity index (χ4v) is 2.76. The molecule has 0 bridgehead atoms. The summed E-state index contributed by atoms with van der Waals surface area (Å²) < 4.78 is 0. The molecule has 3 rings (SSSR count). The van der Waals surface area contributed by atoms with Crippen molar-refractivity contribution in [3.05, 3.63) is 35.4 Å². The minimum absolute atomic E-state index is 0.410. The highest BCUT2D eigenvalue weighted by atomic mass is 16.4. The minimum atomic E-state index is -0.830. The molecule has 3 nitrogen and oxygen atoms in total. The fraction of sp³-hybridized carbons (Fsp3) is 0.500. The maximum atomic E-state index is 10.9. The van der Waals surface area contributed by atoms with Crippen molar-refractivity contribution in [2.45, 2.75) is 31.2 Å². The lowest BCUT2D eigenvalue weighted by atomic mass is 9.97. The molecular formula is C14H17NO2. The second-order valence-electron chi connectivity index (χ2n) is 5.14. The molecule has 1 atom stereocenters. The number of nitrogens with zero attached hydrogens (tertiary/aromatic N) is 1. The van der Waals surface area contributed by atoms with Crippen LogP contribution in [0.15, 0.2) is 24.3 Å². The molecule has 2 aliphatic rings. The van der Waals surface area contributed by atoms with Crippen molar-refractivity contribution in [1.82, 2.24) is 4.90 Å². The maximum Gasteiger partial charge on any atom is 0.335 e. The second kappa shape index (κ2) is 4.15. The molecule has 0 aromatic heterocycles. The topological polar surface area (TPSA) is 40.5 Å². The van der Waals surface area contributed by atoms with Crippen LogP contribution in [0.1, 0.15) is 41.1 Å². The van der Waals surface area contributed by atoms with E-state index in [1.807, 2.05) is 12.1 Å². The lowest BCUT2D eigenvalue weighted by Gasteiger charge is -2.15. The van der Waals surface area contributed by atoms with Gasteiger partial charge in [-0.1, -0.05) is 12.1 Å². The number of carbonyl (C=O) groups is 1. The molecule has 1 aliphatic heterocycles. The van der Waals surface area contributed by atoms with Gasteiger partial charge in [0.05, 0.1) is 5.56 Å². The Balaban J connectivity index is 1.75.